The number of carbonyl (C=O) groups is 3. The Kier molecular flexibility index (Phi) is 8.31. The Balaban J connectivity index is 1.48. The highest BCUT2D eigenvalue weighted by Crippen LogP contribution is 2.45. The number of amides is 1. The Morgan fingerprint density at radius 2 is 2.19 bits per heavy atom. The number of fused-ring (bicyclic) bond motifs is 1. The molecule has 1 aliphatic carbocycles. The number of hydrogen-bond acceptors (Lipinski definition) is 12. The minimum absolute atomic E-state index is 0.0299. The standard InChI is InChI=1S/C23H30N6O6S2/c1-29(8-4-3-7-13(29)10-30)9-5-6-12-11-36-19-15(14(12)22(33)34)18(31)16(19)25-21(32)17(27-35-2)20-26-23(24)37-28-20/h5-6,13,15-16,19,30H,3-4,7-11H2,1-2H3,(H3-,24,25,26,28,32,33,34)/b6-5+,27-17-/t13?,15?,16-,19+,29?/m1/s1. The van der Waals surface area contributed by atoms with Crippen LogP contribution < -0.4 is 16.2 Å². The van der Waals surface area contributed by atoms with Gasteiger partial charge in [-0.2, -0.15) is 21.1 Å². The van der Waals surface area contributed by atoms with Crippen LogP contribution in [0.2, 0.25) is 0 Å². The van der Waals surface area contributed by atoms with Gasteiger partial charge in [0.05, 0.1) is 38.6 Å². The maximum absolute atomic E-state index is 13.0. The van der Waals surface area contributed by atoms with E-state index in [2.05, 4.69) is 26.9 Å². The number of hydrogen-bond donors (Lipinski definition) is 3. The molecule has 1 saturated heterocycles. The number of nitrogen functional groups attached to an aromatic ring is 1. The van der Waals surface area contributed by atoms with E-state index >= 15 is 0 Å². The Bertz CT molecular complexity index is 1170. The van der Waals surface area contributed by atoms with E-state index in [1.807, 2.05) is 6.08 Å². The number of nitrogens with two attached hydrogens (primary N) is 1. The lowest BCUT2D eigenvalue weighted by Crippen LogP contribution is -2.66. The van der Waals surface area contributed by atoms with E-state index in [0.717, 1.165) is 37.3 Å². The first-order valence-electron chi connectivity index (χ1n) is 11.9. The minimum Gasteiger partial charge on any atom is -0.545 e. The topological polar surface area (TPSA) is 180 Å². The van der Waals surface area contributed by atoms with Crippen molar-refractivity contribution in [1.29, 1.82) is 0 Å². The SMILES string of the molecule is CO/N=C(\C(=O)N[C@@H]1C(=O)C2C(C(=O)[O-])=C(/C=C/C[N+]3(C)CCCCC3CO)CS[C@@H]21)c1nsc(N)n1. The van der Waals surface area contributed by atoms with Crippen molar-refractivity contribution >= 4 is 51.8 Å². The number of carboxylic acids is 1. The van der Waals surface area contributed by atoms with Crippen LogP contribution in [0.4, 0.5) is 5.13 Å². The van der Waals surface area contributed by atoms with Crippen molar-refractivity contribution in [1.82, 2.24) is 14.7 Å². The summed E-state index contributed by atoms with van der Waals surface area (Å²) in [4.78, 5) is 46.6. The van der Waals surface area contributed by atoms with Gasteiger partial charge < -0.3 is 35.4 Å². The lowest BCUT2D eigenvalue weighted by molar-refractivity contribution is -0.933. The Labute approximate surface area is 222 Å². The average Bonchev–Trinajstić information content (AvgIpc) is 3.30. The maximum Gasteiger partial charge on any atom is 0.277 e. The van der Waals surface area contributed by atoms with Crippen molar-refractivity contribution in [3.8, 4) is 0 Å². The number of oxime groups is 1. The number of likely N-dealkylation sites (tertiary alicyclic amines) is 1. The zero-order valence-electron chi connectivity index (χ0n) is 20.6. The normalized spacial score (nSPS) is 30.1. The van der Waals surface area contributed by atoms with Gasteiger partial charge in [0.1, 0.15) is 19.2 Å². The van der Waals surface area contributed by atoms with Crippen molar-refractivity contribution in [2.45, 2.75) is 36.6 Å². The summed E-state index contributed by atoms with van der Waals surface area (Å²) in [5.41, 5.74) is 5.86. The van der Waals surface area contributed by atoms with Crippen molar-refractivity contribution in [3.63, 3.8) is 0 Å². The van der Waals surface area contributed by atoms with Crippen LogP contribution in [0.15, 0.2) is 28.5 Å². The quantitative estimate of drug-likeness (QED) is 0.193. The van der Waals surface area contributed by atoms with Gasteiger partial charge in [0.25, 0.3) is 5.91 Å². The molecular formula is C23H30N6O6S2. The van der Waals surface area contributed by atoms with Gasteiger partial charge in [0, 0.05) is 29.0 Å². The van der Waals surface area contributed by atoms with Crippen LogP contribution in [0.3, 0.4) is 0 Å². The molecule has 0 aromatic carbocycles. The van der Waals surface area contributed by atoms with Gasteiger partial charge in [0.15, 0.2) is 10.9 Å². The number of nitrogens with one attached hydrogen (secondary N) is 1. The molecule has 5 atom stereocenters. The molecule has 2 aliphatic heterocycles. The molecule has 200 valence electrons. The molecule has 0 radical (unpaired) electrons. The van der Waals surface area contributed by atoms with Gasteiger partial charge in [-0.25, -0.2) is 0 Å². The number of quaternary nitrogens is 1. The number of carboxylic acid groups (broad SMARTS) is 1. The third-order valence-corrected chi connectivity index (χ3v) is 9.26. The van der Waals surface area contributed by atoms with Crippen LogP contribution >= 0.6 is 23.3 Å². The smallest absolute Gasteiger partial charge is 0.277 e. The number of likely N-dealkylation sites (N-methyl/N-ethyl adjacent to an activating group) is 1. The van der Waals surface area contributed by atoms with E-state index < -0.39 is 34.9 Å². The van der Waals surface area contributed by atoms with E-state index in [-0.39, 0.29) is 34.9 Å². The Morgan fingerprint density at radius 3 is 2.84 bits per heavy atom. The molecule has 1 aromatic heterocycles. The summed E-state index contributed by atoms with van der Waals surface area (Å²) in [6.45, 7) is 1.71. The van der Waals surface area contributed by atoms with Crippen LogP contribution in [-0.4, -0.2) is 99.3 Å². The van der Waals surface area contributed by atoms with E-state index in [1.54, 1.807) is 6.08 Å². The molecule has 1 amide bonds. The molecule has 3 aliphatic rings. The molecule has 14 heteroatoms. The van der Waals surface area contributed by atoms with Gasteiger partial charge in [-0.1, -0.05) is 11.2 Å². The molecule has 2 fully saturated rings. The summed E-state index contributed by atoms with van der Waals surface area (Å²) in [6.07, 6.45) is 6.82. The summed E-state index contributed by atoms with van der Waals surface area (Å²) < 4.78 is 4.65. The highest BCUT2D eigenvalue weighted by Gasteiger charge is 2.55. The highest BCUT2D eigenvalue weighted by atomic mass is 32.2. The number of ketones is 1. The van der Waals surface area contributed by atoms with Crippen molar-refractivity contribution in [2.75, 3.05) is 45.3 Å². The summed E-state index contributed by atoms with van der Waals surface area (Å²) in [7, 11) is 3.36. The zero-order valence-corrected chi connectivity index (χ0v) is 22.2. The second-order valence-corrected chi connectivity index (χ2v) is 11.5. The van der Waals surface area contributed by atoms with Crippen molar-refractivity contribution < 1.29 is 33.9 Å². The lowest BCUT2D eigenvalue weighted by atomic mass is 9.71. The Morgan fingerprint density at radius 1 is 1.41 bits per heavy atom. The number of aromatic nitrogens is 2. The second-order valence-electron chi connectivity index (χ2n) is 9.53. The van der Waals surface area contributed by atoms with E-state index in [9.17, 15) is 24.6 Å². The van der Waals surface area contributed by atoms with Crippen LogP contribution in [0.1, 0.15) is 25.1 Å². The second kappa shape index (κ2) is 11.3. The molecule has 3 heterocycles. The first-order valence-corrected chi connectivity index (χ1v) is 13.7. The van der Waals surface area contributed by atoms with Crippen molar-refractivity contribution in [3.05, 3.63) is 29.1 Å². The maximum atomic E-state index is 13.0. The van der Waals surface area contributed by atoms with Crippen LogP contribution in [0, 0.1) is 5.92 Å². The summed E-state index contributed by atoms with van der Waals surface area (Å²) in [5, 5.41) is 27.8. The monoisotopic (exact) mass is 550 g/mol. The van der Waals surface area contributed by atoms with E-state index in [0.29, 0.717) is 22.4 Å². The molecule has 4 rings (SSSR count). The molecule has 1 aromatic rings. The van der Waals surface area contributed by atoms with E-state index in [4.69, 9.17) is 10.6 Å². The summed E-state index contributed by atoms with van der Waals surface area (Å²) >= 11 is 2.29. The first-order chi connectivity index (χ1) is 17.7. The number of rotatable bonds is 9. The number of Topliss-reactive ketones (excluding diaryl/α,β-unsaturated/α-hetero) is 1. The van der Waals surface area contributed by atoms with Crippen molar-refractivity contribution in [2.24, 2.45) is 11.1 Å². The van der Waals surface area contributed by atoms with Gasteiger partial charge in [-0.3, -0.25) is 9.59 Å². The van der Waals surface area contributed by atoms with Gasteiger partial charge >= 0.3 is 0 Å². The van der Waals surface area contributed by atoms with Gasteiger partial charge in [-0.15, -0.1) is 0 Å². The molecule has 12 nitrogen and oxygen atoms in total. The Hall–Kier alpha value is -2.81. The predicted octanol–water partition coefficient (Wildman–Crippen LogP) is -1.14. The van der Waals surface area contributed by atoms with Crippen LogP contribution in [0.25, 0.3) is 0 Å². The number of allylic oxidation sites excluding steroid dienone is 1. The zero-order chi connectivity index (χ0) is 26.7. The highest BCUT2D eigenvalue weighted by molar-refractivity contribution is 8.00. The molecular weight excluding hydrogens is 520 g/mol. The fourth-order valence-corrected chi connectivity index (χ4v) is 7.15. The third-order valence-electron chi connectivity index (χ3n) is 7.31. The number of thioether (sulfide) groups is 1. The first kappa shape index (κ1) is 27.2. The number of nitrogens with zero attached hydrogens (tertiary/aromatic N) is 4. The summed E-state index contributed by atoms with van der Waals surface area (Å²) in [5.74, 6) is -3.07. The van der Waals surface area contributed by atoms with Crippen LogP contribution in [-0.2, 0) is 19.2 Å². The lowest BCUT2D eigenvalue weighted by Gasteiger charge is -2.47. The molecule has 4 N–H and O–H groups in total. The summed E-state index contributed by atoms with van der Waals surface area (Å²) in [6, 6.07) is -0.748. The van der Waals surface area contributed by atoms with E-state index in [1.165, 1.54) is 18.9 Å². The van der Waals surface area contributed by atoms with Crippen LogP contribution in [0.5, 0.6) is 0 Å². The van der Waals surface area contributed by atoms with Gasteiger partial charge in [-0.05, 0) is 30.1 Å². The number of aliphatic carboxylic acids is 1. The predicted molar refractivity (Wildman–Crippen MR) is 136 cm³/mol. The average molecular weight is 551 g/mol. The number of anilines is 1. The number of aliphatic hydroxyl groups excluding tert-OH is 1. The largest absolute Gasteiger partial charge is 0.545 e. The molecule has 0 bridgehead atoms. The van der Waals surface area contributed by atoms with Gasteiger partial charge in [0.2, 0.25) is 11.5 Å². The number of aliphatic hydroxyl groups is 1. The molecule has 37 heavy (non-hydrogen) atoms. The molecule has 3 unspecified atom stereocenters. The third kappa shape index (κ3) is 5.42. The minimum atomic E-state index is -1.39. The molecule has 0 spiro atoms. The number of piperidine rings is 1. The number of carbonyl (C=O) groups excluding carboxylic acids is 3. The fourth-order valence-electron chi connectivity index (χ4n) is 5.23. The fraction of sp³-hybridized carbons (Fsp3) is 0.565. The molecule has 1 saturated carbocycles.